The Labute approximate surface area is 117 Å². The van der Waals surface area contributed by atoms with Gasteiger partial charge in [-0.15, -0.1) is 5.10 Å². The number of hydrogen-bond acceptors (Lipinski definition) is 5. The highest BCUT2D eigenvalue weighted by molar-refractivity contribution is 5.88. The van der Waals surface area contributed by atoms with Crippen molar-refractivity contribution >= 4 is 11.9 Å². The summed E-state index contributed by atoms with van der Waals surface area (Å²) in [5.41, 5.74) is 1.11. The highest BCUT2D eigenvalue weighted by Crippen LogP contribution is 2.41. The normalized spacial score (nSPS) is 14.1. The number of carbonyl (C=O) groups excluding carboxylic acids is 2. The first kappa shape index (κ1) is 14.5. The van der Waals surface area contributed by atoms with Gasteiger partial charge in [-0.05, 0) is 26.7 Å². The van der Waals surface area contributed by atoms with Crippen molar-refractivity contribution in [3.8, 4) is 0 Å². The van der Waals surface area contributed by atoms with E-state index < -0.39 is 5.97 Å². The van der Waals surface area contributed by atoms with Crippen LogP contribution in [0, 0.1) is 0 Å². The van der Waals surface area contributed by atoms with Crippen molar-refractivity contribution in [1.82, 2.24) is 20.3 Å². The predicted octanol–water partition coefficient (Wildman–Crippen LogP) is 0.858. The quantitative estimate of drug-likeness (QED) is 0.749. The fourth-order valence-corrected chi connectivity index (χ4v) is 2.08. The first-order valence-corrected chi connectivity index (χ1v) is 7.04. The van der Waals surface area contributed by atoms with Gasteiger partial charge in [-0.2, -0.15) is 0 Å². The Morgan fingerprint density at radius 2 is 2.15 bits per heavy atom. The van der Waals surface area contributed by atoms with E-state index in [0.717, 1.165) is 18.5 Å². The Hall–Kier alpha value is -1.92. The van der Waals surface area contributed by atoms with Crippen molar-refractivity contribution in [2.24, 2.45) is 0 Å². The summed E-state index contributed by atoms with van der Waals surface area (Å²) in [6, 6.07) is 0. The van der Waals surface area contributed by atoms with Crippen molar-refractivity contribution in [3.05, 3.63) is 11.4 Å². The molecule has 1 saturated carbocycles. The molecule has 7 nitrogen and oxygen atoms in total. The van der Waals surface area contributed by atoms with E-state index >= 15 is 0 Å². The zero-order chi connectivity index (χ0) is 14.5. The summed E-state index contributed by atoms with van der Waals surface area (Å²) in [4.78, 5) is 23.3. The van der Waals surface area contributed by atoms with Crippen LogP contribution in [-0.2, 0) is 16.1 Å². The van der Waals surface area contributed by atoms with Gasteiger partial charge in [0.1, 0.15) is 0 Å². The van der Waals surface area contributed by atoms with E-state index in [2.05, 4.69) is 15.6 Å². The highest BCUT2D eigenvalue weighted by Gasteiger charge is 2.34. The van der Waals surface area contributed by atoms with Crippen LogP contribution >= 0.6 is 0 Å². The number of hydrogen-bond donors (Lipinski definition) is 1. The summed E-state index contributed by atoms with van der Waals surface area (Å²) in [5, 5.41) is 10.7. The number of carbonyl (C=O) groups is 2. The van der Waals surface area contributed by atoms with E-state index in [4.69, 9.17) is 4.74 Å². The second kappa shape index (κ2) is 6.49. The van der Waals surface area contributed by atoms with Crippen molar-refractivity contribution in [1.29, 1.82) is 0 Å². The van der Waals surface area contributed by atoms with Gasteiger partial charge in [-0.3, -0.25) is 4.79 Å². The van der Waals surface area contributed by atoms with Crippen molar-refractivity contribution in [2.45, 2.75) is 45.6 Å². The molecule has 7 heteroatoms. The van der Waals surface area contributed by atoms with E-state index in [9.17, 15) is 9.59 Å². The molecule has 1 aromatic heterocycles. The molecule has 1 aromatic rings. The first-order valence-electron chi connectivity index (χ1n) is 7.04. The molecule has 1 fully saturated rings. The molecule has 1 aliphatic carbocycles. The summed E-state index contributed by atoms with van der Waals surface area (Å²) in [5.74, 6) is -0.139. The lowest BCUT2D eigenvalue weighted by molar-refractivity contribution is -0.121. The smallest absolute Gasteiger partial charge is 0.360 e. The lowest BCUT2D eigenvalue weighted by Crippen LogP contribution is -2.24. The molecule has 2 rings (SSSR count). The van der Waals surface area contributed by atoms with E-state index in [0.29, 0.717) is 37.7 Å². The minimum absolute atomic E-state index is 0.0255. The maximum Gasteiger partial charge on any atom is 0.360 e. The lowest BCUT2D eigenvalue weighted by atomic mass is 10.2. The molecule has 0 unspecified atom stereocenters. The van der Waals surface area contributed by atoms with Crippen LogP contribution in [0.1, 0.15) is 55.2 Å². The van der Waals surface area contributed by atoms with Gasteiger partial charge in [0.25, 0.3) is 0 Å². The van der Waals surface area contributed by atoms with E-state index in [-0.39, 0.29) is 5.91 Å². The number of ether oxygens (including phenoxy) is 1. The molecule has 0 radical (unpaired) electrons. The Kier molecular flexibility index (Phi) is 4.70. The first-order chi connectivity index (χ1) is 9.67. The predicted molar refractivity (Wildman–Crippen MR) is 71.3 cm³/mol. The van der Waals surface area contributed by atoms with E-state index in [1.807, 2.05) is 6.92 Å². The van der Waals surface area contributed by atoms with Gasteiger partial charge in [-0.25, -0.2) is 9.48 Å². The van der Waals surface area contributed by atoms with Crippen LogP contribution in [0.2, 0.25) is 0 Å². The van der Waals surface area contributed by atoms with Crippen molar-refractivity contribution < 1.29 is 14.3 Å². The molecule has 1 aliphatic rings. The molecule has 1 amide bonds. The maximum atomic E-state index is 11.8. The number of rotatable bonds is 7. The number of aromatic nitrogens is 3. The average molecular weight is 280 g/mol. The molecular formula is C13H20N4O3. The molecule has 20 heavy (non-hydrogen) atoms. The van der Waals surface area contributed by atoms with Gasteiger partial charge in [0.2, 0.25) is 5.91 Å². The van der Waals surface area contributed by atoms with Crippen LogP contribution in [0.5, 0.6) is 0 Å². The number of amides is 1. The van der Waals surface area contributed by atoms with Crippen LogP contribution < -0.4 is 5.32 Å². The summed E-state index contributed by atoms with van der Waals surface area (Å²) in [6.45, 7) is 4.99. The summed E-state index contributed by atoms with van der Waals surface area (Å²) < 4.78 is 6.66. The number of nitrogens with one attached hydrogen (secondary N) is 1. The Balaban J connectivity index is 2.09. The fraction of sp³-hybridized carbons (Fsp3) is 0.692. The third-order valence-corrected chi connectivity index (χ3v) is 3.13. The third-order valence-electron chi connectivity index (χ3n) is 3.13. The summed E-state index contributed by atoms with van der Waals surface area (Å²) in [7, 11) is 0. The molecule has 1 heterocycles. The van der Waals surface area contributed by atoms with Gasteiger partial charge in [0.05, 0.1) is 18.8 Å². The lowest BCUT2D eigenvalue weighted by Gasteiger charge is -2.07. The van der Waals surface area contributed by atoms with Crippen LogP contribution in [0.4, 0.5) is 0 Å². The van der Waals surface area contributed by atoms with Gasteiger partial charge < -0.3 is 10.1 Å². The molecular weight excluding hydrogens is 260 g/mol. The molecule has 0 aliphatic heterocycles. The average Bonchev–Trinajstić information content (AvgIpc) is 3.17. The maximum absolute atomic E-state index is 11.8. The zero-order valence-electron chi connectivity index (χ0n) is 11.9. The Bertz CT molecular complexity index is 494. The second-order valence-corrected chi connectivity index (χ2v) is 4.74. The van der Waals surface area contributed by atoms with E-state index in [1.165, 1.54) is 0 Å². The zero-order valence-corrected chi connectivity index (χ0v) is 11.9. The summed E-state index contributed by atoms with van der Waals surface area (Å²) >= 11 is 0. The number of nitrogens with zero attached hydrogens (tertiary/aromatic N) is 3. The molecule has 0 aromatic carbocycles. The Morgan fingerprint density at radius 1 is 1.40 bits per heavy atom. The largest absolute Gasteiger partial charge is 0.461 e. The van der Waals surface area contributed by atoms with Gasteiger partial charge in [0.15, 0.2) is 5.69 Å². The monoisotopic (exact) mass is 280 g/mol. The van der Waals surface area contributed by atoms with Crippen LogP contribution in [0.15, 0.2) is 0 Å². The molecule has 0 atom stereocenters. The second-order valence-electron chi connectivity index (χ2n) is 4.74. The van der Waals surface area contributed by atoms with Gasteiger partial charge in [0, 0.05) is 18.9 Å². The van der Waals surface area contributed by atoms with Crippen molar-refractivity contribution in [3.63, 3.8) is 0 Å². The minimum atomic E-state index is -0.432. The molecule has 110 valence electrons. The topological polar surface area (TPSA) is 86.1 Å². The van der Waals surface area contributed by atoms with E-state index in [1.54, 1.807) is 11.6 Å². The Morgan fingerprint density at radius 3 is 2.75 bits per heavy atom. The van der Waals surface area contributed by atoms with Gasteiger partial charge >= 0.3 is 5.97 Å². The molecule has 1 N–H and O–H groups in total. The fourth-order valence-electron chi connectivity index (χ4n) is 2.08. The van der Waals surface area contributed by atoms with Crippen LogP contribution in [0.3, 0.4) is 0 Å². The van der Waals surface area contributed by atoms with Crippen LogP contribution in [-0.4, -0.2) is 40.0 Å². The van der Waals surface area contributed by atoms with Crippen LogP contribution in [0.25, 0.3) is 0 Å². The number of aryl methyl sites for hydroxylation is 1. The summed E-state index contributed by atoms with van der Waals surface area (Å²) in [6.07, 6.45) is 2.39. The minimum Gasteiger partial charge on any atom is -0.461 e. The molecule has 0 spiro atoms. The molecule has 0 saturated heterocycles. The standard InChI is InChI=1S/C13H20N4O3/c1-3-14-10(18)7-8-17-12(9-5-6-9)11(15-16-17)13(19)20-4-2/h9H,3-8H2,1-2H3,(H,14,18). The molecule has 0 bridgehead atoms. The third kappa shape index (κ3) is 3.34. The van der Waals surface area contributed by atoms with Gasteiger partial charge in [-0.1, -0.05) is 5.21 Å². The number of esters is 1. The van der Waals surface area contributed by atoms with Crippen molar-refractivity contribution in [2.75, 3.05) is 13.2 Å². The highest BCUT2D eigenvalue weighted by atomic mass is 16.5. The SMILES string of the molecule is CCNC(=O)CCn1nnc(C(=O)OCC)c1C1CC1.